The molecule has 1 aromatic carbocycles. The maximum atomic E-state index is 13.3. The van der Waals surface area contributed by atoms with Crippen LogP contribution in [-0.4, -0.2) is 9.97 Å². The molecule has 7 heteroatoms. The van der Waals surface area contributed by atoms with E-state index in [-0.39, 0.29) is 17.1 Å². The van der Waals surface area contributed by atoms with Crippen molar-refractivity contribution in [2.45, 2.75) is 6.18 Å². The third-order valence-corrected chi connectivity index (χ3v) is 2.24. The van der Waals surface area contributed by atoms with Crippen molar-refractivity contribution in [2.75, 3.05) is 5.73 Å². The van der Waals surface area contributed by atoms with Crippen molar-refractivity contribution >= 4 is 5.82 Å². The summed E-state index contributed by atoms with van der Waals surface area (Å²) in [6, 6.07) is 2.57. The summed E-state index contributed by atoms with van der Waals surface area (Å²) in [4.78, 5) is 7.57. The molecule has 0 spiro atoms. The van der Waals surface area contributed by atoms with E-state index in [2.05, 4.69) is 9.97 Å². The zero-order valence-corrected chi connectivity index (χ0v) is 8.87. The molecule has 1 aromatic heterocycles. The average Bonchev–Trinajstić information content (AvgIpc) is 2.28. The number of alkyl halides is 3. The van der Waals surface area contributed by atoms with Gasteiger partial charge < -0.3 is 5.73 Å². The van der Waals surface area contributed by atoms with Gasteiger partial charge in [-0.05, 0) is 12.1 Å². The fourth-order valence-corrected chi connectivity index (χ4v) is 1.39. The van der Waals surface area contributed by atoms with Crippen LogP contribution in [0.1, 0.15) is 5.56 Å². The molecule has 0 radical (unpaired) electrons. The Morgan fingerprint density at radius 1 is 1.06 bits per heavy atom. The highest BCUT2D eigenvalue weighted by Gasteiger charge is 2.33. The zero-order valence-electron chi connectivity index (χ0n) is 8.87. The van der Waals surface area contributed by atoms with E-state index in [1.54, 1.807) is 0 Å². The van der Waals surface area contributed by atoms with Crippen LogP contribution in [0.3, 0.4) is 0 Å². The summed E-state index contributed by atoms with van der Waals surface area (Å²) < 4.78 is 50.4. The molecule has 2 rings (SSSR count). The molecule has 3 nitrogen and oxygen atoms in total. The first kappa shape index (κ1) is 12.3. The number of aromatic nitrogens is 2. The van der Waals surface area contributed by atoms with E-state index in [0.29, 0.717) is 6.07 Å². The molecule has 2 N–H and O–H groups in total. The van der Waals surface area contributed by atoms with Crippen molar-refractivity contribution in [3.63, 3.8) is 0 Å². The Balaban J connectivity index is 2.43. The number of benzene rings is 1. The zero-order chi connectivity index (χ0) is 13.3. The molecule has 0 atom stereocenters. The highest BCUT2D eigenvalue weighted by molar-refractivity contribution is 5.59. The summed E-state index contributed by atoms with van der Waals surface area (Å²) in [5.41, 5.74) is 4.46. The lowest BCUT2D eigenvalue weighted by Crippen LogP contribution is -2.08. The molecule has 0 unspecified atom stereocenters. The van der Waals surface area contributed by atoms with Crippen LogP contribution in [0.4, 0.5) is 23.4 Å². The van der Waals surface area contributed by atoms with Crippen LogP contribution in [0.25, 0.3) is 11.3 Å². The summed E-state index contributed by atoms with van der Waals surface area (Å²) in [5.74, 6) is -1.18. The molecule has 0 saturated heterocycles. The quantitative estimate of drug-likeness (QED) is 0.799. The summed E-state index contributed by atoms with van der Waals surface area (Å²) >= 11 is 0. The van der Waals surface area contributed by atoms with Gasteiger partial charge in [0.05, 0.1) is 23.7 Å². The average molecular weight is 257 g/mol. The highest BCUT2D eigenvalue weighted by Crippen LogP contribution is 2.32. The molecular formula is C11H7F4N3. The van der Waals surface area contributed by atoms with Gasteiger partial charge in [0.25, 0.3) is 0 Å². The second-order valence-electron chi connectivity index (χ2n) is 3.52. The first-order valence-corrected chi connectivity index (χ1v) is 4.82. The van der Waals surface area contributed by atoms with E-state index in [1.165, 1.54) is 12.4 Å². The molecule has 2 aromatic rings. The summed E-state index contributed by atoms with van der Waals surface area (Å²) in [6.45, 7) is 0. The molecule has 1 heterocycles. The van der Waals surface area contributed by atoms with E-state index in [4.69, 9.17) is 5.73 Å². The van der Waals surface area contributed by atoms with E-state index in [0.717, 1.165) is 12.1 Å². The molecule has 94 valence electrons. The van der Waals surface area contributed by atoms with Crippen molar-refractivity contribution in [2.24, 2.45) is 0 Å². The van der Waals surface area contributed by atoms with Crippen LogP contribution in [0, 0.1) is 5.82 Å². The number of hydrogen-bond donors (Lipinski definition) is 1. The molecule has 0 aliphatic carbocycles. The monoisotopic (exact) mass is 257 g/mol. The number of nitrogens with zero attached hydrogens (tertiary/aromatic N) is 2. The number of nitrogens with two attached hydrogens (primary N) is 1. The number of anilines is 1. The lowest BCUT2D eigenvalue weighted by molar-refractivity contribution is -0.139. The van der Waals surface area contributed by atoms with Crippen molar-refractivity contribution in [3.05, 3.63) is 42.0 Å². The molecule has 0 bridgehead atoms. The van der Waals surface area contributed by atoms with Gasteiger partial charge in [-0.3, -0.25) is 4.98 Å². The van der Waals surface area contributed by atoms with E-state index in [9.17, 15) is 17.6 Å². The van der Waals surface area contributed by atoms with Gasteiger partial charge in [0.15, 0.2) is 0 Å². The number of rotatable bonds is 1. The second-order valence-corrected chi connectivity index (χ2v) is 3.52. The SMILES string of the molecule is Nc1cnc(-c2ccc(C(F)(F)F)c(F)c2)cn1. The lowest BCUT2D eigenvalue weighted by atomic mass is 10.1. The molecule has 0 saturated carbocycles. The standard InChI is InChI=1S/C11H7F4N3/c12-8-3-6(1-2-7(8)11(13,14)15)9-4-18-10(16)5-17-9/h1-5H,(H2,16,18). The van der Waals surface area contributed by atoms with Gasteiger partial charge in [-0.2, -0.15) is 13.2 Å². The fourth-order valence-electron chi connectivity index (χ4n) is 1.39. The van der Waals surface area contributed by atoms with Crippen molar-refractivity contribution in [1.82, 2.24) is 9.97 Å². The van der Waals surface area contributed by atoms with Gasteiger partial charge in [-0.1, -0.05) is 6.07 Å². The Morgan fingerprint density at radius 3 is 2.28 bits per heavy atom. The summed E-state index contributed by atoms with van der Waals surface area (Å²) in [6.07, 6.45) is -2.21. The predicted octanol–water partition coefficient (Wildman–Crippen LogP) is 2.88. The molecule has 0 aliphatic heterocycles. The highest BCUT2D eigenvalue weighted by atomic mass is 19.4. The number of hydrogen-bond acceptors (Lipinski definition) is 3. The van der Waals surface area contributed by atoms with Gasteiger partial charge in [0, 0.05) is 5.56 Å². The van der Waals surface area contributed by atoms with Crippen molar-refractivity contribution in [1.29, 1.82) is 0 Å². The largest absolute Gasteiger partial charge is 0.419 e. The maximum Gasteiger partial charge on any atom is 0.419 e. The van der Waals surface area contributed by atoms with Crippen LogP contribution in [0.2, 0.25) is 0 Å². The van der Waals surface area contributed by atoms with Gasteiger partial charge in [-0.15, -0.1) is 0 Å². The van der Waals surface area contributed by atoms with Crippen LogP contribution in [0.5, 0.6) is 0 Å². The molecule has 18 heavy (non-hydrogen) atoms. The number of halogens is 4. The normalized spacial score (nSPS) is 11.6. The van der Waals surface area contributed by atoms with E-state index in [1.807, 2.05) is 0 Å². The van der Waals surface area contributed by atoms with Gasteiger partial charge in [-0.25, -0.2) is 9.37 Å². The van der Waals surface area contributed by atoms with E-state index < -0.39 is 17.6 Å². The molecule has 0 fully saturated rings. The fraction of sp³-hybridized carbons (Fsp3) is 0.0909. The summed E-state index contributed by atoms with van der Waals surface area (Å²) in [5, 5.41) is 0. The second kappa shape index (κ2) is 4.25. The van der Waals surface area contributed by atoms with Gasteiger partial charge in [0.1, 0.15) is 11.6 Å². The molecule has 0 aliphatic rings. The van der Waals surface area contributed by atoms with Gasteiger partial charge >= 0.3 is 6.18 Å². The smallest absolute Gasteiger partial charge is 0.382 e. The Kier molecular flexibility index (Phi) is 2.90. The summed E-state index contributed by atoms with van der Waals surface area (Å²) in [7, 11) is 0. The molecular weight excluding hydrogens is 250 g/mol. The Bertz CT molecular complexity index is 563. The Morgan fingerprint density at radius 2 is 1.78 bits per heavy atom. The minimum Gasteiger partial charge on any atom is -0.382 e. The Hall–Kier alpha value is -2.18. The van der Waals surface area contributed by atoms with Crippen molar-refractivity contribution < 1.29 is 17.6 Å². The van der Waals surface area contributed by atoms with E-state index >= 15 is 0 Å². The first-order valence-electron chi connectivity index (χ1n) is 4.82. The minimum absolute atomic E-state index is 0.172. The van der Waals surface area contributed by atoms with Crippen LogP contribution in [-0.2, 0) is 6.18 Å². The third kappa shape index (κ3) is 2.39. The van der Waals surface area contributed by atoms with Crippen LogP contribution >= 0.6 is 0 Å². The maximum absolute atomic E-state index is 13.3. The topological polar surface area (TPSA) is 51.8 Å². The first-order chi connectivity index (χ1) is 8.38. The minimum atomic E-state index is -4.71. The van der Waals surface area contributed by atoms with Crippen molar-refractivity contribution in [3.8, 4) is 11.3 Å². The number of nitrogen functional groups attached to an aromatic ring is 1. The predicted molar refractivity (Wildman–Crippen MR) is 56.8 cm³/mol. The van der Waals surface area contributed by atoms with Gasteiger partial charge in [0.2, 0.25) is 0 Å². The van der Waals surface area contributed by atoms with Crippen LogP contribution < -0.4 is 5.73 Å². The third-order valence-electron chi connectivity index (χ3n) is 2.24. The molecule has 0 amide bonds. The lowest BCUT2D eigenvalue weighted by Gasteiger charge is -2.09. The van der Waals surface area contributed by atoms with Crippen LogP contribution in [0.15, 0.2) is 30.6 Å². The Labute approximate surface area is 99.3 Å².